The maximum Gasteiger partial charge on any atom is 0.0472 e. The molecule has 0 aliphatic heterocycles. The minimum absolute atomic E-state index is 0.495. The van der Waals surface area contributed by atoms with Crippen molar-refractivity contribution >= 4 is 0 Å². The van der Waals surface area contributed by atoms with Crippen LogP contribution in [0.25, 0.3) is 0 Å². The van der Waals surface area contributed by atoms with Gasteiger partial charge in [0, 0.05) is 18.6 Å². The number of nitrogens with one attached hydrogen (secondary N) is 1. The average molecular weight is 274 g/mol. The number of hydrogen-bond donors (Lipinski definition) is 1. The second-order valence-electron chi connectivity index (χ2n) is 6.31. The van der Waals surface area contributed by atoms with Crippen LogP contribution in [0.4, 0.5) is 0 Å². The lowest BCUT2D eigenvalue weighted by Crippen LogP contribution is -2.41. The van der Waals surface area contributed by atoms with E-state index in [0.29, 0.717) is 6.04 Å². The lowest BCUT2D eigenvalue weighted by Gasteiger charge is -2.39. The quantitative estimate of drug-likeness (QED) is 0.847. The fourth-order valence-electron chi connectivity index (χ4n) is 3.36. The predicted octanol–water partition coefficient (Wildman–Crippen LogP) is 3.85. The first-order chi connectivity index (χ1) is 9.72. The second kappa shape index (κ2) is 7.80. The molecule has 2 nitrogen and oxygen atoms in total. The summed E-state index contributed by atoms with van der Waals surface area (Å²) in [7, 11) is 2.32. The minimum atomic E-state index is 0.495. The summed E-state index contributed by atoms with van der Waals surface area (Å²) in [6.07, 6.45) is 5.48. The van der Waals surface area contributed by atoms with E-state index >= 15 is 0 Å². The van der Waals surface area contributed by atoms with Crippen LogP contribution in [0.2, 0.25) is 0 Å². The molecule has 1 aliphatic carbocycles. The van der Waals surface area contributed by atoms with Gasteiger partial charge in [0.1, 0.15) is 0 Å². The molecule has 1 atom stereocenters. The van der Waals surface area contributed by atoms with Crippen LogP contribution < -0.4 is 5.32 Å². The van der Waals surface area contributed by atoms with E-state index in [9.17, 15) is 0 Å². The third-order valence-electron chi connectivity index (χ3n) is 4.82. The monoisotopic (exact) mass is 274 g/mol. The Balaban J connectivity index is 2.05. The molecule has 2 heteroatoms. The standard InChI is InChI=1S/C18H30N2/c1-4-19-14-18(16-8-6-5-7-9-16)20(3)17-12-10-15(2)11-13-17/h5-9,15,17-19H,4,10-14H2,1-3H3. The van der Waals surface area contributed by atoms with Crippen molar-refractivity contribution < 1.29 is 0 Å². The molecule has 1 aromatic rings. The van der Waals surface area contributed by atoms with Gasteiger partial charge in [-0.2, -0.15) is 0 Å². The number of nitrogens with zero attached hydrogens (tertiary/aromatic N) is 1. The molecule has 0 bridgehead atoms. The van der Waals surface area contributed by atoms with Gasteiger partial charge < -0.3 is 5.32 Å². The normalized spacial score (nSPS) is 24.8. The number of benzene rings is 1. The predicted molar refractivity (Wildman–Crippen MR) is 86.9 cm³/mol. The Morgan fingerprint density at radius 2 is 1.80 bits per heavy atom. The molecule has 0 amide bonds. The van der Waals surface area contributed by atoms with Crippen LogP contribution in [0, 0.1) is 5.92 Å². The molecule has 1 fully saturated rings. The highest BCUT2D eigenvalue weighted by Crippen LogP contribution is 2.31. The van der Waals surface area contributed by atoms with Crippen LogP contribution in [0.3, 0.4) is 0 Å². The maximum absolute atomic E-state index is 3.53. The van der Waals surface area contributed by atoms with E-state index in [0.717, 1.165) is 25.0 Å². The Kier molecular flexibility index (Phi) is 6.06. The molecule has 0 saturated heterocycles. The molecule has 112 valence electrons. The van der Waals surface area contributed by atoms with Crippen molar-refractivity contribution in [3.8, 4) is 0 Å². The molecule has 0 spiro atoms. The van der Waals surface area contributed by atoms with Crippen molar-refractivity contribution in [2.24, 2.45) is 5.92 Å². The van der Waals surface area contributed by atoms with E-state index in [4.69, 9.17) is 0 Å². The SMILES string of the molecule is CCNCC(c1ccccc1)N(C)C1CCC(C)CC1. The topological polar surface area (TPSA) is 15.3 Å². The lowest BCUT2D eigenvalue weighted by atomic mass is 9.86. The van der Waals surface area contributed by atoms with Gasteiger partial charge in [0.25, 0.3) is 0 Å². The van der Waals surface area contributed by atoms with E-state index in [1.54, 1.807) is 0 Å². The number of hydrogen-bond acceptors (Lipinski definition) is 2. The molecule has 0 aromatic heterocycles. The smallest absolute Gasteiger partial charge is 0.0472 e. The highest BCUT2D eigenvalue weighted by Gasteiger charge is 2.27. The van der Waals surface area contributed by atoms with Crippen LogP contribution in [-0.4, -0.2) is 31.1 Å². The van der Waals surface area contributed by atoms with E-state index < -0.39 is 0 Å². The summed E-state index contributed by atoms with van der Waals surface area (Å²) in [5.41, 5.74) is 1.44. The zero-order valence-corrected chi connectivity index (χ0v) is 13.3. The molecule has 1 aliphatic rings. The molecule has 2 rings (SSSR count). The van der Waals surface area contributed by atoms with E-state index in [1.807, 2.05) is 0 Å². The summed E-state index contributed by atoms with van der Waals surface area (Å²) in [4.78, 5) is 2.61. The Morgan fingerprint density at radius 1 is 1.15 bits per heavy atom. The van der Waals surface area contributed by atoms with Crippen molar-refractivity contribution in [3.05, 3.63) is 35.9 Å². The summed E-state index contributed by atoms with van der Waals surface area (Å²) >= 11 is 0. The molecule has 20 heavy (non-hydrogen) atoms. The Morgan fingerprint density at radius 3 is 2.40 bits per heavy atom. The van der Waals surface area contributed by atoms with Gasteiger partial charge in [-0.3, -0.25) is 4.90 Å². The van der Waals surface area contributed by atoms with E-state index in [1.165, 1.54) is 31.2 Å². The van der Waals surface area contributed by atoms with Gasteiger partial charge in [-0.05, 0) is 50.8 Å². The zero-order valence-electron chi connectivity index (χ0n) is 13.3. The molecule has 0 radical (unpaired) electrons. The van der Waals surface area contributed by atoms with Gasteiger partial charge in [0.15, 0.2) is 0 Å². The highest BCUT2D eigenvalue weighted by atomic mass is 15.2. The van der Waals surface area contributed by atoms with Gasteiger partial charge in [-0.15, -0.1) is 0 Å². The minimum Gasteiger partial charge on any atom is -0.315 e. The molecule has 1 saturated carbocycles. The first kappa shape index (κ1) is 15.5. The van der Waals surface area contributed by atoms with Crippen LogP contribution in [0.1, 0.15) is 51.1 Å². The van der Waals surface area contributed by atoms with E-state index in [2.05, 4.69) is 61.4 Å². The average Bonchev–Trinajstić information content (AvgIpc) is 2.49. The van der Waals surface area contributed by atoms with Crippen LogP contribution in [-0.2, 0) is 0 Å². The maximum atomic E-state index is 3.53. The first-order valence-electron chi connectivity index (χ1n) is 8.20. The molecule has 0 heterocycles. The van der Waals surface area contributed by atoms with Crippen LogP contribution in [0.5, 0.6) is 0 Å². The first-order valence-corrected chi connectivity index (χ1v) is 8.20. The van der Waals surface area contributed by atoms with Crippen molar-refractivity contribution in [3.63, 3.8) is 0 Å². The largest absolute Gasteiger partial charge is 0.315 e. The van der Waals surface area contributed by atoms with Crippen LogP contribution in [0.15, 0.2) is 30.3 Å². The van der Waals surface area contributed by atoms with Gasteiger partial charge in [-0.25, -0.2) is 0 Å². The Bertz CT molecular complexity index is 368. The molecule has 1 N–H and O–H groups in total. The third-order valence-corrected chi connectivity index (χ3v) is 4.82. The molecule has 1 unspecified atom stereocenters. The summed E-state index contributed by atoms with van der Waals surface area (Å²) in [5.74, 6) is 0.920. The second-order valence-corrected chi connectivity index (χ2v) is 6.31. The summed E-state index contributed by atoms with van der Waals surface area (Å²) in [6.45, 7) is 6.66. The summed E-state index contributed by atoms with van der Waals surface area (Å²) < 4.78 is 0. The van der Waals surface area contributed by atoms with Crippen molar-refractivity contribution in [2.75, 3.05) is 20.1 Å². The van der Waals surface area contributed by atoms with Crippen LogP contribution >= 0.6 is 0 Å². The van der Waals surface area contributed by atoms with Gasteiger partial charge in [0.05, 0.1) is 0 Å². The highest BCUT2D eigenvalue weighted by molar-refractivity contribution is 5.19. The fourth-order valence-corrected chi connectivity index (χ4v) is 3.36. The van der Waals surface area contributed by atoms with Gasteiger partial charge in [-0.1, -0.05) is 44.2 Å². The number of rotatable bonds is 6. The van der Waals surface area contributed by atoms with E-state index in [-0.39, 0.29) is 0 Å². The number of likely N-dealkylation sites (N-methyl/N-ethyl adjacent to an activating group) is 2. The van der Waals surface area contributed by atoms with Crippen molar-refractivity contribution in [1.82, 2.24) is 10.2 Å². The molecular formula is C18H30N2. The van der Waals surface area contributed by atoms with Crippen molar-refractivity contribution in [2.45, 2.75) is 51.6 Å². The van der Waals surface area contributed by atoms with Gasteiger partial charge in [0.2, 0.25) is 0 Å². The zero-order chi connectivity index (χ0) is 14.4. The Labute approximate surface area is 124 Å². The third kappa shape index (κ3) is 4.07. The lowest BCUT2D eigenvalue weighted by molar-refractivity contribution is 0.121. The van der Waals surface area contributed by atoms with Gasteiger partial charge >= 0.3 is 0 Å². The summed E-state index contributed by atoms with van der Waals surface area (Å²) in [6, 6.07) is 12.2. The molecule has 1 aromatic carbocycles. The Hall–Kier alpha value is -0.860. The molecular weight excluding hydrogens is 244 g/mol. The van der Waals surface area contributed by atoms with Crippen molar-refractivity contribution in [1.29, 1.82) is 0 Å². The fraction of sp³-hybridized carbons (Fsp3) is 0.667. The summed E-state index contributed by atoms with van der Waals surface area (Å²) in [5, 5.41) is 3.53.